The number of halogens is 2. The van der Waals surface area contributed by atoms with Crippen LogP contribution in [0, 0.1) is 5.92 Å². The highest BCUT2D eigenvalue weighted by molar-refractivity contribution is 7.99. The first-order valence-electron chi connectivity index (χ1n) is 10.2. The smallest absolute Gasteiger partial charge is 0.237 e. The van der Waals surface area contributed by atoms with Crippen molar-refractivity contribution in [3.8, 4) is 0 Å². The predicted octanol–water partition coefficient (Wildman–Crippen LogP) is 2.01. The summed E-state index contributed by atoms with van der Waals surface area (Å²) in [5.41, 5.74) is 0. The third-order valence-corrected chi connectivity index (χ3v) is 6.41. The van der Waals surface area contributed by atoms with Gasteiger partial charge in [0.25, 0.3) is 0 Å². The van der Waals surface area contributed by atoms with Crippen molar-refractivity contribution in [3.63, 3.8) is 0 Å². The number of carbonyl (C=O) groups excluding carboxylic acids is 2. The molecule has 0 aromatic heterocycles. The lowest BCUT2D eigenvalue weighted by molar-refractivity contribution is -0.130. The highest BCUT2D eigenvalue weighted by Gasteiger charge is 2.26. The summed E-state index contributed by atoms with van der Waals surface area (Å²) < 4.78 is 0. The van der Waals surface area contributed by atoms with E-state index in [0.29, 0.717) is 18.2 Å². The minimum atomic E-state index is -0.0152. The maximum Gasteiger partial charge on any atom is 0.237 e. The van der Waals surface area contributed by atoms with E-state index in [1.165, 1.54) is 0 Å². The van der Waals surface area contributed by atoms with Crippen LogP contribution in [0.5, 0.6) is 0 Å². The Morgan fingerprint density at radius 2 is 1.93 bits per heavy atom. The zero-order valence-electron chi connectivity index (χ0n) is 17.3. The van der Waals surface area contributed by atoms with Crippen LogP contribution in [0.4, 0.5) is 0 Å². The summed E-state index contributed by atoms with van der Waals surface area (Å²) in [6, 6.07) is -0.0152. The molecule has 2 unspecified atom stereocenters. The zero-order chi connectivity index (χ0) is 18.8. The molecule has 2 atom stereocenters. The summed E-state index contributed by atoms with van der Waals surface area (Å²) in [6.07, 6.45) is 4.15. The van der Waals surface area contributed by atoms with Gasteiger partial charge in [-0.05, 0) is 51.2 Å². The fourth-order valence-corrected chi connectivity index (χ4v) is 4.61. The molecule has 2 N–H and O–H groups in total. The number of hydrogen-bond donors (Lipinski definition) is 2. The van der Waals surface area contributed by atoms with Crippen molar-refractivity contribution in [3.05, 3.63) is 0 Å². The highest BCUT2D eigenvalue weighted by Crippen LogP contribution is 2.17. The molecular formula is C19H38Cl2N4O2S. The third kappa shape index (κ3) is 9.53. The quantitative estimate of drug-likeness (QED) is 0.492. The fraction of sp³-hybridized carbons (Fsp3) is 0.895. The largest absolute Gasteiger partial charge is 0.354 e. The van der Waals surface area contributed by atoms with E-state index in [2.05, 4.69) is 29.4 Å². The van der Waals surface area contributed by atoms with Crippen LogP contribution in [0.3, 0.4) is 0 Å². The van der Waals surface area contributed by atoms with Crippen molar-refractivity contribution in [2.24, 2.45) is 5.92 Å². The average Bonchev–Trinajstić information content (AvgIpc) is 3.21. The van der Waals surface area contributed by atoms with Gasteiger partial charge >= 0.3 is 0 Å². The first-order chi connectivity index (χ1) is 12.6. The van der Waals surface area contributed by atoms with Gasteiger partial charge in [0.15, 0.2) is 0 Å². The Balaban J connectivity index is 0.00000364. The first kappa shape index (κ1) is 27.8. The number of nitrogens with one attached hydrogen (secondary N) is 2. The number of amides is 2. The summed E-state index contributed by atoms with van der Waals surface area (Å²) in [4.78, 5) is 29.0. The molecule has 166 valence electrons. The molecule has 0 aromatic carbocycles. The van der Waals surface area contributed by atoms with E-state index in [9.17, 15) is 9.59 Å². The number of rotatable bonds is 10. The SMILES string of the molecule is CCN(CC)CCSCC(=O)N1CCCC(CNC(=O)C2CCCN2)C1.Cl.Cl. The van der Waals surface area contributed by atoms with Gasteiger partial charge in [0, 0.05) is 31.9 Å². The molecule has 2 rings (SSSR count). The minimum Gasteiger partial charge on any atom is -0.354 e. The molecule has 2 saturated heterocycles. The molecule has 9 heteroatoms. The first-order valence-corrected chi connectivity index (χ1v) is 11.4. The lowest BCUT2D eigenvalue weighted by atomic mass is 9.98. The molecule has 0 saturated carbocycles. The summed E-state index contributed by atoms with van der Waals surface area (Å²) in [5, 5.41) is 6.31. The number of thioether (sulfide) groups is 1. The maximum absolute atomic E-state index is 12.5. The number of hydrogen-bond acceptors (Lipinski definition) is 5. The summed E-state index contributed by atoms with van der Waals surface area (Å²) >= 11 is 1.74. The maximum atomic E-state index is 12.5. The predicted molar refractivity (Wildman–Crippen MR) is 123 cm³/mol. The highest BCUT2D eigenvalue weighted by atomic mass is 35.5. The number of likely N-dealkylation sites (tertiary alicyclic amines) is 1. The van der Waals surface area contributed by atoms with Crippen molar-refractivity contribution in [1.29, 1.82) is 0 Å². The lowest BCUT2D eigenvalue weighted by Gasteiger charge is -2.33. The van der Waals surface area contributed by atoms with Crippen LogP contribution in [0.2, 0.25) is 0 Å². The molecule has 2 heterocycles. The van der Waals surface area contributed by atoms with Gasteiger partial charge in [0.1, 0.15) is 0 Å². The second-order valence-electron chi connectivity index (χ2n) is 7.32. The van der Waals surface area contributed by atoms with Gasteiger partial charge in [-0.15, -0.1) is 24.8 Å². The molecule has 0 bridgehead atoms. The van der Waals surface area contributed by atoms with Crippen molar-refractivity contribution in [2.45, 2.75) is 45.6 Å². The summed E-state index contributed by atoms with van der Waals surface area (Å²) in [6.45, 7) is 10.8. The van der Waals surface area contributed by atoms with Gasteiger partial charge in [0.05, 0.1) is 11.8 Å². The Morgan fingerprint density at radius 1 is 1.18 bits per heavy atom. The van der Waals surface area contributed by atoms with Gasteiger partial charge in [0.2, 0.25) is 11.8 Å². The van der Waals surface area contributed by atoms with Crippen molar-refractivity contribution >= 4 is 48.4 Å². The Kier molecular flexibility index (Phi) is 15.5. The zero-order valence-corrected chi connectivity index (χ0v) is 19.7. The van der Waals surface area contributed by atoms with E-state index >= 15 is 0 Å². The fourth-order valence-electron chi connectivity index (χ4n) is 3.72. The molecule has 2 fully saturated rings. The Morgan fingerprint density at radius 3 is 2.57 bits per heavy atom. The van der Waals surface area contributed by atoms with E-state index < -0.39 is 0 Å². The lowest BCUT2D eigenvalue weighted by Crippen LogP contribution is -2.47. The van der Waals surface area contributed by atoms with Crippen molar-refractivity contribution in [2.75, 3.05) is 57.3 Å². The van der Waals surface area contributed by atoms with E-state index in [1.807, 2.05) is 4.90 Å². The van der Waals surface area contributed by atoms with Crippen molar-refractivity contribution in [1.82, 2.24) is 20.4 Å². The Hall–Kier alpha value is -0.210. The average molecular weight is 458 g/mol. The van der Waals surface area contributed by atoms with E-state index in [0.717, 1.165) is 70.7 Å². The van der Waals surface area contributed by atoms with Gasteiger partial charge in [-0.1, -0.05) is 13.8 Å². The van der Waals surface area contributed by atoms with Gasteiger partial charge in [-0.2, -0.15) is 11.8 Å². The van der Waals surface area contributed by atoms with Gasteiger partial charge in [-0.3, -0.25) is 9.59 Å². The molecule has 28 heavy (non-hydrogen) atoms. The van der Waals surface area contributed by atoms with Gasteiger partial charge in [-0.25, -0.2) is 0 Å². The topological polar surface area (TPSA) is 64.7 Å². The second kappa shape index (κ2) is 15.6. The molecule has 0 aromatic rings. The number of carbonyl (C=O) groups is 2. The molecule has 2 aliphatic rings. The molecule has 0 radical (unpaired) electrons. The molecule has 0 spiro atoms. The third-order valence-electron chi connectivity index (χ3n) is 5.49. The van der Waals surface area contributed by atoms with Crippen LogP contribution in [0.15, 0.2) is 0 Å². The molecule has 6 nitrogen and oxygen atoms in total. The second-order valence-corrected chi connectivity index (χ2v) is 8.43. The van der Waals surface area contributed by atoms with Crippen LogP contribution in [0.1, 0.15) is 39.5 Å². The molecule has 0 aliphatic carbocycles. The monoisotopic (exact) mass is 456 g/mol. The van der Waals surface area contributed by atoms with Crippen LogP contribution in [0.25, 0.3) is 0 Å². The minimum absolute atomic E-state index is 0. The summed E-state index contributed by atoms with van der Waals surface area (Å²) in [5.74, 6) is 2.35. The van der Waals surface area contributed by atoms with Crippen LogP contribution in [-0.4, -0.2) is 85.0 Å². The van der Waals surface area contributed by atoms with E-state index in [-0.39, 0.29) is 42.7 Å². The standard InChI is InChI=1S/C19H36N4O2S.2ClH/c1-3-22(4-2)11-12-26-15-18(24)23-10-6-7-16(14-23)13-21-19(25)17-8-5-9-20-17;;/h16-17,20H,3-15H2,1-2H3,(H,21,25);2*1H. The van der Waals surface area contributed by atoms with Crippen molar-refractivity contribution < 1.29 is 9.59 Å². The number of nitrogens with zero attached hydrogens (tertiary/aromatic N) is 2. The number of piperidine rings is 1. The van der Waals surface area contributed by atoms with Crippen LogP contribution in [-0.2, 0) is 9.59 Å². The Labute approximate surface area is 187 Å². The van der Waals surface area contributed by atoms with Gasteiger partial charge < -0.3 is 20.4 Å². The van der Waals surface area contributed by atoms with E-state index in [4.69, 9.17) is 0 Å². The van der Waals surface area contributed by atoms with Crippen LogP contribution >= 0.6 is 36.6 Å². The normalized spacial score (nSPS) is 21.8. The van der Waals surface area contributed by atoms with Crippen LogP contribution < -0.4 is 10.6 Å². The summed E-state index contributed by atoms with van der Waals surface area (Å²) in [7, 11) is 0. The van der Waals surface area contributed by atoms with E-state index in [1.54, 1.807) is 11.8 Å². The Bertz CT molecular complexity index is 450. The molecule has 2 amide bonds. The molecular weight excluding hydrogens is 419 g/mol. The molecule has 2 aliphatic heterocycles.